The Hall–Kier alpha value is -1.32. The fourth-order valence-corrected chi connectivity index (χ4v) is 2.68. The Bertz CT molecular complexity index is 654. The van der Waals surface area contributed by atoms with Crippen molar-refractivity contribution in [3.05, 3.63) is 68.7 Å². The number of rotatable bonds is 3. The molecule has 0 aromatic heterocycles. The van der Waals surface area contributed by atoms with Crippen LogP contribution in [0.5, 0.6) is 0 Å². The van der Waals surface area contributed by atoms with E-state index in [0.29, 0.717) is 10.6 Å². The van der Waals surface area contributed by atoms with E-state index >= 15 is 0 Å². The van der Waals surface area contributed by atoms with E-state index in [-0.39, 0.29) is 11.9 Å². The van der Waals surface area contributed by atoms with Gasteiger partial charge in [0.1, 0.15) is 0 Å². The lowest BCUT2D eigenvalue weighted by molar-refractivity contribution is 0.0743. The summed E-state index contributed by atoms with van der Waals surface area (Å²) < 4.78 is 0.728. The number of carbonyl (C=O) groups excluding carboxylic acids is 1. The van der Waals surface area contributed by atoms with Crippen LogP contribution in [0, 0.1) is 6.92 Å². The third-order valence-electron chi connectivity index (χ3n) is 3.64. The Kier molecular flexibility index (Phi) is 5.07. The second-order valence-corrected chi connectivity index (χ2v) is 6.34. The van der Waals surface area contributed by atoms with Gasteiger partial charge in [-0.15, -0.1) is 0 Å². The topological polar surface area (TPSA) is 20.3 Å². The maximum atomic E-state index is 12.6. The Morgan fingerprint density at radius 1 is 1.19 bits per heavy atom. The summed E-state index contributed by atoms with van der Waals surface area (Å²) in [4.78, 5) is 14.3. The maximum absolute atomic E-state index is 12.6. The molecule has 0 aliphatic rings. The van der Waals surface area contributed by atoms with Crippen molar-refractivity contribution < 1.29 is 4.79 Å². The van der Waals surface area contributed by atoms with Crippen LogP contribution in [0.25, 0.3) is 0 Å². The summed E-state index contributed by atoms with van der Waals surface area (Å²) in [6.07, 6.45) is 0. The van der Waals surface area contributed by atoms with Gasteiger partial charge >= 0.3 is 0 Å². The molecule has 0 aliphatic carbocycles. The highest BCUT2D eigenvalue weighted by Gasteiger charge is 2.21. The van der Waals surface area contributed by atoms with Crippen LogP contribution in [0.15, 0.2) is 46.9 Å². The van der Waals surface area contributed by atoms with Crippen LogP contribution in [-0.2, 0) is 0 Å². The third kappa shape index (κ3) is 3.47. The molecule has 2 rings (SSSR count). The molecule has 0 bridgehead atoms. The second-order valence-electron chi connectivity index (χ2n) is 5.10. The maximum Gasteiger partial charge on any atom is 0.255 e. The number of benzene rings is 2. The van der Waals surface area contributed by atoms with E-state index < -0.39 is 0 Å². The molecule has 0 heterocycles. The zero-order chi connectivity index (χ0) is 15.6. The van der Waals surface area contributed by atoms with Gasteiger partial charge in [-0.25, -0.2) is 0 Å². The van der Waals surface area contributed by atoms with Gasteiger partial charge in [-0.1, -0.05) is 47.5 Å². The molecule has 110 valence electrons. The van der Waals surface area contributed by atoms with E-state index in [9.17, 15) is 4.79 Å². The molecule has 4 heteroatoms. The molecule has 0 aliphatic heterocycles. The first-order chi connectivity index (χ1) is 9.91. The van der Waals surface area contributed by atoms with Crippen LogP contribution in [0.4, 0.5) is 0 Å². The summed E-state index contributed by atoms with van der Waals surface area (Å²) in [5.74, 6) is -0.0885. The SMILES string of the molecule is Cc1ccc(C(C)N(C)C(=O)c2cccc(Br)c2Cl)cc1. The van der Waals surface area contributed by atoms with Gasteiger partial charge in [0.25, 0.3) is 5.91 Å². The van der Waals surface area contributed by atoms with Crippen molar-refractivity contribution in [1.82, 2.24) is 4.90 Å². The van der Waals surface area contributed by atoms with Gasteiger partial charge < -0.3 is 4.90 Å². The first-order valence-corrected chi connectivity index (χ1v) is 7.86. The van der Waals surface area contributed by atoms with Crippen molar-refractivity contribution in [2.24, 2.45) is 0 Å². The van der Waals surface area contributed by atoms with E-state index in [0.717, 1.165) is 10.0 Å². The van der Waals surface area contributed by atoms with Gasteiger partial charge in [0.05, 0.1) is 16.6 Å². The molecule has 1 unspecified atom stereocenters. The molecule has 0 N–H and O–H groups in total. The van der Waals surface area contributed by atoms with Crippen molar-refractivity contribution in [2.75, 3.05) is 7.05 Å². The van der Waals surface area contributed by atoms with E-state index in [2.05, 4.69) is 28.1 Å². The van der Waals surface area contributed by atoms with Gasteiger partial charge in [0, 0.05) is 11.5 Å². The molecule has 0 saturated heterocycles. The van der Waals surface area contributed by atoms with Crippen LogP contribution in [0.2, 0.25) is 5.02 Å². The largest absolute Gasteiger partial charge is 0.335 e. The number of hydrogen-bond donors (Lipinski definition) is 0. The van der Waals surface area contributed by atoms with Crippen molar-refractivity contribution in [3.63, 3.8) is 0 Å². The van der Waals surface area contributed by atoms with Crippen molar-refractivity contribution >= 4 is 33.4 Å². The van der Waals surface area contributed by atoms with E-state index in [1.807, 2.05) is 38.1 Å². The molecule has 2 aromatic carbocycles. The van der Waals surface area contributed by atoms with E-state index in [1.165, 1.54) is 5.56 Å². The van der Waals surface area contributed by atoms with Crippen LogP contribution in [0.3, 0.4) is 0 Å². The smallest absolute Gasteiger partial charge is 0.255 e. The standard InChI is InChI=1S/C17H17BrClNO/c1-11-7-9-13(10-8-11)12(2)20(3)17(21)14-5-4-6-15(18)16(14)19/h4-10,12H,1-3H3. The minimum Gasteiger partial charge on any atom is -0.335 e. The van der Waals surface area contributed by atoms with Gasteiger partial charge in [-0.3, -0.25) is 4.79 Å². The predicted molar refractivity (Wildman–Crippen MR) is 90.8 cm³/mol. The summed E-state index contributed by atoms with van der Waals surface area (Å²) in [5, 5.41) is 0.449. The highest BCUT2D eigenvalue weighted by atomic mass is 79.9. The van der Waals surface area contributed by atoms with E-state index in [1.54, 1.807) is 18.0 Å². The minimum atomic E-state index is -0.0885. The Morgan fingerprint density at radius 2 is 1.81 bits per heavy atom. The monoisotopic (exact) mass is 365 g/mol. The number of amides is 1. The lowest BCUT2D eigenvalue weighted by Gasteiger charge is -2.26. The van der Waals surface area contributed by atoms with Crippen molar-refractivity contribution in [3.8, 4) is 0 Å². The van der Waals surface area contributed by atoms with Crippen LogP contribution in [0.1, 0.15) is 34.5 Å². The van der Waals surface area contributed by atoms with E-state index in [4.69, 9.17) is 11.6 Å². The first kappa shape index (κ1) is 16.1. The van der Waals surface area contributed by atoms with Crippen molar-refractivity contribution in [1.29, 1.82) is 0 Å². The Morgan fingerprint density at radius 3 is 2.43 bits per heavy atom. The van der Waals surface area contributed by atoms with Gasteiger partial charge in [-0.2, -0.15) is 0 Å². The summed E-state index contributed by atoms with van der Waals surface area (Å²) in [6, 6.07) is 13.6. The number of halogens is 2. The van der Waals surface area contributed by atoms with Crippen LogP contribution in [-0.4, -0.2) is 17.9 Å². The quantitative estimate of drug-likeness (QED) is 0.727. The average molecular weight is 367 g/mol. The van der Waals surface area contributed by atoms with Crippen LogP contribution >= 0.6 is 27.5 Å². The molecule has 1 atom stereocenters. The fourth-order valence-electron chi connectivity index (χ4n) is 2.10. The van der Waals surface area contributed by atoms with Crippen LogP contribution < -0.4 is 0 Å². The third-order valence-corrected chi connectivity index (χ3v) is 4.94. The van der Waals surface area contributed by atoms with Gasteiger partial charge in [0.2, 0.25) is 0 Å². The number of nitrogens with zero attached hydrogens (tertiary/aromatic N) is 1. The van der Waals surface area contributed by atoms with Gasteiger partial charge in [-0.05, 0) is 47.5 Å². The molecule has 21 heavy (non-hydrogen) atoms. The van der Waals surface area contributed by atoms with Crippen molar-refractivity contribution in [2.45, 2.75) is 19.9 Å². The molecular weight excluding hydrogens is 350 g/mol. The normalized spacial score (nSPS) is 12.0. The molecule has 0 radical (unpaired) electrons. The highest BCUT2D eigenvalue weighted by molar-refractivity contribution is 9.10. The molecule has 0 fully saturated rings. The molecule has 2 nitrogen and oxygen atoms in total. The lowest BCUT2D eigenvalue weighted by atomic mass is 10.0. The van der Waals surface area contributed by atoms with Gasteiger partial charge in [0.15, 0.2) is 0 Å². The number of hydrogen-bond acceptors (Lipinski definition) is 1. The zero-order valence-corrected chi connectivity index (χ0v) is 14.6. The Labute approximate surface area is 138 Å². The number of aryl methyl sites for hydroxylation is 1. The fraction of sp³-hybridized carbons (Fsp3) is 0.235. The number of carbonyl (C=O) groups is 1. The molecular formula is C17H17BrClNO. The Balaban J connectivity index is 2.26. The lowest BCUT2D eigenvalue weighted by Crippen LogP contribution is -2.29. The predicted octanol–water partition coefficient (Wildman–Crippen LogP) is 5.24. The average Bonchev–Trinajstić information content (AvgIpc) is 2.48. The molecule has 1 amide bonds. The first-order valence-electron chi connectivity index (χ1n) is 6.69. The summed E-state index contributed by atoms with van der Waals surface area (Å²) in [7, 11) is 1.80. The zero-order valence-electron chi connectivity index (χ0n) is 12.2. The minimum absolute atomic E-state index is 0.0202. The summed E-state index contributed by atoms with van der Waals surface area (Å²) >= 11 is 9.56. The molecule has 0 spiro atoms. The second kappa shape index (κ2) is 6.63. The molecule has 2 aromatic rings. The molecule has 0 saturated carbocycles. The summed E-state index contributed by atoms with van der Waals surface area (Å²) in [6.45, 7) is 4.05. The highest BCUT2D eigenvalue weighted by Crippen LogP contribution is 2.29. The summed E-state index contributed by atoms with van der Waals surface area (Å²) in [5.41, 5.74) is 2.81.